The normalized spacial score (nSPS) is 10.8. The third-order valence-corrected chi connectivity index (χ3v) is 5.51. The minimum atomic E-state index is -0.229. The summed E-state index contributed by atoms with van der Waals surface area (Å²) in [7, 11) is 0. The number of benzene rings is 3. The van der Waals surface area contributed by atoms with E-state index in [1.54, 1.807) is 12.3 Å². The van der Waals surface area contributed by atoms with E-state index >= 15 is 0 Å². The smallest absolute Gasteiger partial charge is 0.271 e. The van der Waals surface area contributed by atoms with Crippen molar-refractivity contribution in [2.75, 3.05) is 0 Å². The van der Waals surface area contributed by atoms with Crippen molar-refractivity contribution in [3.63, 3.8) is 0 Å². The lowest BCUT2D eigenvalue weighted by Crippen LogP contribution is -2.17. The first-order valence-corrected chi connectivity index (χ1v) is 10.7. The number of hydrogen-bond donors (Lipinski definition) is 1. The van der Waals surface area contributed by atoms with Gasteiger partial charge in [-0.3, -0.25) is 4.79 Å². The summed E-state index contributed by atoms with van der Waals surface area (Å²) in [6.07, 6.45) is 1.64. The summed E-state index contributed by atoms with van der Waals surface area (Å²) >= 11 is 4.51. The molecule has 6 heteroatoms. The first-order chi connectivity index (χ1) is 13.5. The van der Waals surface area contributed by atoms with Gasteiger partial charge in [-0.1, -0.05) is 48.0 Å². The largest absolute Gasteiger partial charge is 0.487 e. The average molecular weight is 596 g/mol. The zero-order chi connectivity index (χ0) is 19.9. The first-order valence-electron chi connectivity index (χ1n) is 8.59. The maximum atomic E-state index is 12.1. The highest BCUT2D eigenvalue weighted by Gasteiger charge is 2.09. The summed E-state index contributed by atoms with van der Waals surface area (Å²) in [4.78, 5) is 12.1. The van der Waals surface area contributed by atoms with Crippen LogP contribution in [0, 0.1) is 14.1 Å². The second-order valence-corrected chi connectivity index (χ2v) is 8.48. The van der Waals surface area contributed by atoms with Gasteiger partial charge in [0.05, 0.1) is 13.4 Å². The third kappa shape index (κ3) is 5.78. The quantitative estimate of drug-likeness (QED) is 0.231. The van der Waals surface area contributed by atoms with Crippen molar-refractivity contribution in [2.24, 2.45) is 5.10 Å². The molecule has 142 valence electrons. The van der Waals surface area contributed by atoms with Crippen LogP contribution in [0.25, 0.3) is 0 Å². The molecule has 0 aliphatic rings. The second-order valence-electron chi connectivity index (χ2n) is 6.16. The van der Waals surface area contributed by atoms with Gasteiger partial charge in [-0.05, 0) is 87.5 Å². The number of carbonyl (C=O) groups is 1. The molecule has 1 amide bonds. The SMILES string of the molecule is Cc1cccc(C(=O)N/N=C/c2cc(I)c(OCc3ccccc3)c(I)c2)c1. The molecular weight excluding hydrogens is 578 g/mol. The van der Waals surface area contributed by atoms with Gasteiger partial charge in [-0.15, -0.1) is 0 Å². The van der Waals surface area contributed by atoms with Crippen LogP contribution in [-0.2, 0) is 6.61 Å². The number of amides is 1. The van der Waals surface area contributed by atoms with Gasteiger partial charge in [0, 0.05) is 5.56 Å². The van der Waals surface area contributed by atoms with Crippen molar-refractivity contribution in [1.29, 1.82) is 0 Å². The molecule has 0 aliphatic heterocycles. The second kappa shape index (κ2) is 10.0. The Kier molecular flexibility index (Phi) is 7.43. The van der Waals surface area contributed by atoms with Crippen molar-refractivity contribution < 1.29 is 9.53 Å². The molecule has 0 heterocycles. The number of rotatable bonds is 6. The molecule has 28 heavy (non-hydrogen) atoms. The molecule has 1 N–H and O–H groups in total. The van der Waals surface area contributed by atoms with Crippen molar-refractivity contribution in [3.8, 4) is 5.75 Å². The Morgan fingerprint density at radius 2 is 1.75 bits per heavy atom. The highest BCUT2D eigenvalue weighted by atomic mass is 127. The Hall–Kier alpha value is -1.94. The van der Waals surface area contributed by atoms with Gasteiger partial charge in [0.15, 0.2) is 0 Å². The highest BCUT2D eigenvalue weighted by molar-refractivity contribution is 14.1. The monoisotopic (exact) mass is 596 g/mol. The Labute approximate surface area is 191 Å². The molecule has 4 nitrogen and oxygen atoms in total. The van der Waals surface area contributed by atoms with Crippen LogP contribution in [0.4, 0.5) is 0 Å². The fourth-order valence-corrected chi connectivity index (χ4v) is 4.67. The minimum absolute atomic E-state index is 0.229. The summed E-state index contributed by atoms with van der Waals surface area (Å²) in [6, 6.07) is 21.4. The first kappa shape index (κ1) is 20.8. The fraction of sp³-hybridized carbons (Fsp3) is 0.0909. The van der Waals surface area contributed by atoms with Crippen molar-refractivity contribution >= 4 is 57.3 Å². The molecule has 0 saturated carbocycles. The number of ether oxygens (including phenoxy) is 1. The molecule has 0 unspecified atom stereocenters. The minimum Gasteiger partial charge on any atom is -0.487 e. The number of hydrazone groups is 1. The predicted molar refractivity (Wildman–Crippen MR) is 129 cm³/mol. The van der Waals surface area contributed by atoms with Crippen LogP contribution >= 0.6 is 45.2 Å². The number of hydrogen-bond acceptors (Lipinski definition) is 3. The highest BCUT2D eigenvalue weighted by Crippen LogP contribution is 2.29. The van der Waals surface area contributed by atoms with E-state index in [4.69, 9.17) is 4.74 Å². The molecular formula is C22H18I2N2O2. The molecule has 3 aromatic rings. The Balaban J connectivity index is 1.65. The molecule has 3 aromatic carbocycles. The third-order valence-electron chi connectivity index (χ3n) is 3.91. The van der Waals surface area contributed by atoms with Crippen LogP contribution in [-0.4, -0.2) is 12.1 Å². The predicted octanol–water partition coefficient (Wildman–Crippen LogP) is 5.55. The van der Waals surface area contributed by atoms with Crippen LogP contribution in [0.5, 0.6) is 5.75 Å². The van der Waals surface area contributed by atoms with Gasteiger partial charge < -0.3 is 4.74 Å². The van der Waals surface area contributed by atoms with E-state index in [0.717, 1.165) is 29.6 Å². The standard InChI is InChI=1S/C22H18I2N2O2/c1-15-6-5-9-18(10-15)22(27)26-25-13-17-11-19(23)21(20(24)12-17)28-14-16-7-3-2-4-8-16/h2-13H,14H2,1H3,(H,26,27)/b25-13+. The molecule has 0 spiro atoms. The molecule has 0 fully saturated rings. The summed E-state index contributed by atoms with van der Waals surface area (Å²) in [5, 5.41) is 4.08. The van der Waals surface area contributed by atoms with E-state index in [2.05, 4.69) is 55.7 Å². The van der Waals surface area contributed by atoms with E-state index in [-0.39, 0.29) is 5.91 Å². The van der Waals surface area contributed by atoms with Gasteiger partial charge in [-0.25, -0.2) is 5.43 Å². The molecule has 0 bridgehead atoms. The number of nitrogens with zero attached hydrogens (tertiary/aromatic N) is 1. The van der Waals surface area contributed by atoms with Crippen molar-refractivity contribution in [3.05, 3.63) is 96.1 Å². The van der Waals surface area contributed by atoms with Gasteiger partial charge in [0.25, 0.3) is 5.91 Å². The number of carbonyl (C=O) groups excluding carboxylic acids is 1. The maximum Gasteiger partial charge on any atom is 0.271 e. The maximum absolute atomic E-state index is 12.1. The molecule has 0 saturated heterocycles. The average Bonchev–Trinajstić information content (AvgIpc) is 2.68. The molecule has 0 radical (unpaired) electrons. The summed E-state index contributed by atoms with van der Waals surface area (Å²) in [6.45, 7) is 2.47. The Bertz CT molecular complexity index is 981. The van der Waals surface area contributed by atoms with Crippen LogP contribution in [0.1, 0.15) is 27.0 Å². The summed E-state index contributed by atoms with van der Waals surface area (Å²) in [5.74, 6) is 0.623. The summed E-state index contributed by atoms with van der Waals surface area (Å²) < 4.78 is 7.98. The Morgan fingerprint density at radius 3 is 2.43 bits per heavy atom. The lowest BCUT2D eigenvalue weighted by molar-refractivity contribution is 0.0955. The van der Waals surface area contributed by atoms with Crippen molar-refractivity contribution in [2.45, 2.75) is 13.5 Å². The number of aryl methyl sites for hydroxylation is 1. The lowest BCUT2D eigenvalue weighted by atomic mass is 10.1. The lowest BCUT2D eigenvalue weighted by Gasteiger charge is -2.11. The van der Waals surface area contributed by atoms with Gasteiger partial charge >= 0.3 is 0 Å². The van der Waals surface area contributed by atoms with E-state index in [1.165, 1.54) is 0 Å². The van der Waals surface area contributed by atoms with Crippen molar-refractivity contribution in [1.82, 2.24) is 5.43 Å². The van der Waals surface area contributed by atoms with Crippen LogP contribution < -0.4 is 10.2 Å². The number of nitrogens with one attached hydrogen (secondary N) is 1. The van der Waals surface area contributed by atoms with E-state index in [0.29, 0.717) is 12.2 Å². The topological polar surface area (TPSA) is 50.7 Å². The summed E-state index contributed by atoms with van der Waals surface area (Å²) in [5.41, 5.74) is 6.21. The zero-order valence-electron chi connectivity index (χ0n) is 15.2. The van der Waals surface area contributed by atoms with Crippen LogP contribution in [0.15, 0.2) is 71.8 Å². The zero-order valence-corrected chi connectivity index (χ0v) is 19.5. The molecule has 0 aromatic heterocycles. The molecule has 0 atom stereocenters. The van der Waals surface area contributed by atoms with Gasteiger partial charge in [0.2, 0.25) is 0 Å². The van der Waals surface area contributed by atoms with E-state index in [9.17, 15) is 4.79 Å². The number of halogens is 2. The fourth-order valence-electron chi connectivity index (χ4n) is 2.54. The Morgan fingerprint density at radius 1 is 1.04 bits per heavy atom. The van der Waals surface area contributed by atoms with E-state index in [1.807, 2.05) is 67.6 Å². The molecule has 0 aliphatic carbocycles. The van der Waals surface area contributed by atoms with E-state index < -0.39 is 0 Å². The van der Waals surface area contributed by atoms with Crippen LogP contribution in [0.3, 0.4) is 0 Å². The van der Waals surface area contributed by atoms with Crippen LogP contribution in [0.2, 0.25) is 0 Å². The van der Waals surface area contributed by atoms with Gasteiger partial charge in [0.1, 0.15) is 12.4 Å². The van der Waals surface area contributed by atoms with Gasteiger partial charge in [-0.2, -0.15) is 5.10 Å². The molecule has 3 rings (SSSR count).